The first-order valence-electron chi connectivity index (χ1n) is 9.56. The SMILES string of the molecule is Cc1cc(C)c2sc(N(Cc3cccnc3)C(=O)c3ccnn3C(C)C)nc2c1. The van der Waals surface area contributed by atoms with E-state index in [0.717, 1.165) is 21.3 Å². The molecule has 0 saturated carbocycles. The first-order valence-corrected chi connectivity index (χ1v) is 10.4. The molecule has 0 bridgehead atoms. The van der Waals surface area contributed by atoms with Gasteiger partial charge in [0, 0.05) is 24.6 Å². The van der Waals surface area contributed by atoms with Crippen molar-refractivity contribution in [2.75, 3.05) is 4.90 Å². The zero-order valence-corrected chi connectivity index (χ0v) is 17.8. The monoisotopic (exact) mass is 405 g/mol. The first-order chi connectivity index (χ1) is 13.9. The van der Waals surface area contributed by atoms with Crippen LogP contribution in [0.2, 0.25) is 0 Å². The van der Waals surface area contributed by atoms with E-state index in [2.05, 4.69) is 36.1 Å². The molecule has 0 radical (unpaired) electrons. The van der Waals surface area contributed by atoms with Gasteiger partial charge in [-0.25, -0.2) is 4.98 Å². The molecule has 0 unspecified atom stereocenters. The number of pyridine rings is 1. The molecule has 4 aromatic rings. The smallest absolute Gasteiger partial charge is 0.278 e. The van der Waals surface area contributed by atoms with E-state index >= 15 is 0 Å². The number of fused-ring (bicyclic) bond motifs is 1. The van der Waals surface area contributed by atoms with E-state index in [1.807, 2.05) is 26.0 Å². The molecule has 6 nitrogen and oxygen atoms in total. The maximum Gasteiger partial charge on any atom is 0.278 e. The lowest BCUT2D eigenvalue weighted by atomic mass is 10.1. The van der Waals surface area contributed by atoms with Gasteiger partial charge in [0.15, 0.2) is 5.13 Å². The van der Waals surface area contributed by atoms with Crippen LogP contribution in [-0.4, -0.2) is 25.7 Å². The molecule has 7 heteroatoms. The molecular weight excluding hydrogens is 382 g/mol. The summed E-state index contributed by atoms with van der Waals surface area (Å²) in [6.07, 6.45) is 5.18. The van der Waals surface area contributed by atoms with Crippen molar-refractivity contribution < 1.29 is 4.79 Å². The van der Waals surface area contributed by atoms with Crippen LogP contribution in [0.15, 0.2) is 48.9 Å². The van der Waals surface area contributed by atoms with Crippen LogP contribution in [0.3, 0.4) is 0 Å². The van der Waals surface area contributed by atoms with Gasteiger partial charge in [-0.3, -0.25) is 19.4 Å². The third-order valence-corrected chi connectivity index (χ3v) is 5.96. The minimum absolute atomic E-state index is 0.0875. The Kier molecular flexibility index (Phi) is 5.15. The van der Waals surface area contributed by atoms with Crippen LogP contribution >= 0.6 is 11.3 Å². The molecule has 0 aliphatic heterocycles. The summed E-state index contributed by atoms with van der Waals surface area (Å²) in [7, 11) is 0. The summed E-state index contributed by atoms with van der Waals surface area (Å²) >= 11 is 1.54. The topological polar surface area (TPSA) is 63.9 Å². The predicted molar refractivity (Wildman–Crippen MR) is 116 cm³/mol. The second-order valence-corrected chi connectivity index (χ2v) is 8.41. The van der Waals surface area contributed by atoms with E-state index in [0.29, 0.717) is 17.4 Å². The van der Waals surface area contributed by atoms with Crippen LogP contribution in [-0.2, 0) is 6.54 Å². The highest BCUT2D eigenvalue weighted by Gasteiger charge is 2.25. The Bertz CT molecular complexity index is 1160. The molecule has 0 spiro atoms. The molecule has 0 N–H and O–H groups in total. The lowest BCUT2D eigenvalue weighted by molar-refractivity contribution is 0.0973. The lowest BCUT2D eigenvalue weighted by Crippen LogP contribution is -2.32. The van der Waals surface area contributed by atoms with Gasteiger partial charge in [-0.2, -0.15) is 5.10 Å². The summed E-state index contributed by atoms with van der Waals surface area (Å²) in [5, 5.41) is 5.01. The zero-order chi connectivity index (χ0) is 20.5. The number of anilines is 1. The standard InChI is InChI=1S/C22H23N5OS/c1-14(2)27-19(7-9-24-27)21(28)26(13-17-6-5-8-23-12-17)22-25-18-11-15(3)10-16(4)20(18)29-22/h5-12,14H,13H2,1-4H3. The maximum atomic E-state index is 13.6. The summed E-state index contributed by atoms with van der Waals surface area (Å²) in [4.78, 5) is 24.3. The highest BCUT2D eigenvalue weighted by Crippen LogP contribution is 2.33. The number of hydrogen-bond acceptors (Lipinski definition) is 5. The Morgan fingerprint density at radius 3 is 2.76 bits per heavy atom. The number of aromatic nitrogens is 4. The second-order valence-electron chi connectivity index (χ2n) is 7.43. The van der Waals surface area contributed by atoms with Gasteiger partial charge in [-0.1, -0.05) is 23.5 Å². The molecule has 1 aromatic carbocycles. The molecule has 3 aromatic heterocycles. The third kappa shape index (κ3) is 3.78. The van der Waals surface area contributed by atoms with Gasteiger partial charge in [0.25, 0.3) is 5.91 Å². The van der Waals surface area contributed by atoms with Gasteiger partial charge in [0.1, 0.15) is 5.69 Å². The molecule has 0 aliphatic rings. The minimum Gasteiger partial charge on any atom is -0.278 e. The maximum absolute atomic E-state index is 13.6. The average Bonchev–Trinajstić information content (AvgIpc) is 3.33. The second kappa shape index (κ2) is 7.75. The summed E-state index contributed by atoms with van der Waals surface area (Å²) < 4.78 is 2.85. The molecular formula is C22H23N5OS. The molecule has 3 heterocycles. The molecule has 1 amide bonds. The van der Waals surface area contributed by atoms with Crippen molar-refractivity contribution in [1.82, 2.24) is 19.7 Å². The van der Waals surface area contributed by atoms with Crippen LogP contribution in [0.4, 0.5) is 5.13 Å². The van der Waals surface area contributed by atoms with Crippen LogP contribution in [0.25, 0.3) is 10.2 Å². The Balaban J connectivity index is 1.81. The predicted octanol–water partition coefficient (Wildman–Crippen LogP) is 4.93. The summed E-state index contributed by atoms with van der Waals surface area (Å²) in [6, 6.07) is 9.91. The Morgan fingerprint density at radius 1 is 1.21 bits per heavy atom. The number of carbonyl (C=O) groups is 1. The normalized spacial score (nSPS) is 11.3. The third-order valence-electron chi connectivity index (χ3n) is 4.73. The van der Waals surface area contributed by atoms with E-state index in [9.17, 15) is 4.79 Å². The fraction of sp³-hybridized carbons (Fsp3) is 0.273. The highest BCUT2D eigenvalue weighted by atomic mass is 32.1. The number of hydrogen-bond donors (Lipinski definition) is 0. The summed E-state index contributed by atoms with van der Waals surface area (Å²) in [6.45, 7) is 8.57. The van der Waals surface area contributed by atoms with Crippen molar-refractivity contribution in [1.29, 1.82) is 0 Å². The van der Waals surface area contributed by atoms with Crippen LogP contribution in [0, 0.1) is 13.8 Å². The Morgan fingerprint density at radius 2 is 2.03 bits per heavy atom. The van der Waals surface area contributed by atoms with Crippen molar-refractivity contribution in [3.8, 4) is 0 Å². The van der Waals surface area contributed by atoms with Gasteiger partial charge >= 0.3 is 0 Å². The van der Waals surface area contributed by atoms with Crippen molar-refractivity contribution >= 4 is 32.6 Å². The van der Waals surface area contributed by atoms with E-state index in [1.165, 1.54) is 5.56 Å². The molecule has 0 saturated heterocycles. The van der Waals surface area contributed by atoms with Crippen molar-refractivity contribution in [2.24, 2.45) is 0 Å². The number of aryl methyl sites for hydroxylation is 2. The molecule has 4 rings (SSSR count). The lowest BCUT2D eigenvalue weighted by Gasteiger charge is -2.21. The summed E-state index contributed by atoms with van der Waals surface area (Å²) in [5.74, 6) is -0.117. The molecule has 148 valence electrons. The van der Waals surface area contributed by atoms with E-state index < -0.39 is 0 Å². The molecule has 0 atom stereocenters. The average molecular weight is 406 g/mol. The zero-order valence-electron chi connectivity index (χ0n) is 17.0. The van der Waals surface area contributed by atoms with Crippen LogP contribution < -0.4 is 4.90 Å². The largest absolute Gasteiger partial charge is 0.278 e. The van der Waals surface area contributed by atoms with Crippen molar-refractivity contribution in [2.45, 2.75) is 40.3 Å². The quantitative estimate of drug-likeness (QED) is 0.472. The van der Waals surface area contributed by atoms with E-state index in [-0.39, 0.29) is 11.9 Å². The fourth-order valence-corrected chi connectivity index (χ4v) is 4.43. The van der Waals surface area contributed by atoms with E-state index in [4.69, 9.17) is 4.98 Å². The van der Waals surface area contributed by atoms with Gasteiger partial charge in [0.2, 0.25) is 0 Å². The molecule has 29 heavy (non-hydrogen) atoms. The minimum atomic E-state index is -0.117. The number of benzene rings is 1. The highest BCUT2D eigenvalue weighted by molar-refractivity contribution is 7.22. The number of thiazole rings is 1. The van der Waals surface area contributed by atoms with Crippen LogP contribution in [0.1, 0.15) is 47.1 Å². The molecule has 0 aliphatic carbocycles. The number of carbonyl (C=O) groups excluding carboxylic acids is 1. The van der Waals surface area contributed by atoms with Gasteiger partial charge in [0.05, 0.1) is 16.8 Å². The van der Waals surface area contributed by atoms with Gasteiger partial charge in [-0.15, -0.1) is 0 Å². The van der Waals surface area contributed by atoms with E-state index in [1.54, 1.807) is 45.6 Å². The summed E-state index contributed by atoms with van der Waals surface area (Å²) in [5.41, 5.74) is 4.75. The first kappa shape index (κ1) is 19.3. The van der Waals surface area contributed by atoms with Gasteiger partial charge in [-0.05, 0) is 62.6 Å². The van der Waals surface area contributed by atoms with Gasteiger partial charge < -0.3 is 0 Å². The Hall–Kier alpha value is -3.06. The Labute approximate surface area is 173 Å². The number of rotatable bonds is 5. The van der Waals surface area contributed by atoms with Crippen molar-refractivity contribution in [3.63, 3.8) is 0 Å². The number of nitrogens with zero attached hydrogens (tertiary/aromatic N) is 5. The van der Waals surface area contributed by atoms with Crippen molar-refractivity contribution in [3.05, 3.63) is 71.3 Å². The molecule has 0 fully saturated rings. The fourth-order valence-electron chi connectivity index (χ4n) is 3.41. The number of amides is 1. The van der Waals surface area contributed by atoms with Crippen LogP contribution in [0.5, 0.6) is 0 Å².